The van der Waals surface area contributed by atoms with Crippen molar-refractivity contribution in [2.45, 2.75) is 82.6 Å². The van der Waals surface area contributed by atoms with Gasteiger partial charge in [-0.2, -0.15) is 0 Å². The van der Waals surface area contributed by atoms with E-state index in [2.05, 4.69) is 35.7 Å². The van der Waals surface area contributed by atoms with Crippen LogP contribution in [-0.4, -0.2) is 21.9 Å². The molecule has 0 aromatic heterocycles. The van der Waals surface area contributed by atoms with Gasteiger partial charge in [0.1, 0.15) is 0 Å². The molecule has 26 heavy (non-hydrogen) atoms. The molecule has 0 spiro atoms. The Morgan fingerprint density at radius 3 is 2.46 bits per heavy atom. The number of phosphoric ester groups is 1. The van der Waals surface area contributed by atoms with Crippen LogP contribution in [0.2, 0.25) is 0 Å². The Morgan fingerprint density at radius 2 is 1.81 bits per heavy atom. The maximum Gasteiger partial charge on any atom is 0.469 e. The molecular weight excluding hydrogens is 349 g/mol. The first-order valence-electron chi connectivity index (χ1n) is 9.89. The fraction of sp³-hybridized carbons (Fsp3) is 0.700. The predicted octanol–water partition coefficient (Wildman–Crippen LogP) is 4.66. The molecule has 4 N–H and O–H groups in total. The van der Waals surface area contributed by atoms with Crippen molar-refractivity contribution in [3.05, 3.63) is 35.4 Å². The minimum Gasteiger partial charge on any atom is -0.323 e. The molecule has 1 saturated carbocycles. The number of unbranched alkanes of at least 4 members (excludes halogenated alkanes) is 5. The molecule has 1 unspecified atom stereocenters. The molecule has 0 amide bonds. The molecule has 2 rings (SSSR count). The van der Waals surface area contributed by atoms with E-state index < -0.39 is 13.4 Å². The Balaban J connectivity index is 1.77. The van der Waals surface area contributed by atoms with Gasteiger partial charge in [-0.3, -0.25) is 4.52 Å². The van der Waals surface area contributed by atoms with E-state index in [0.29, 0.717) is 12.3 Å². The van der Waals surface area contributed by atoms with Gasteiger partial charge in [0.05, 0.1) is 6.61 Å². The maximum atomic E-state index is 10.9. The SMILES string of the molecule is CCCCCCCCc1ccc(C2CC[C@](N)(COP(=O)(O)O)C2)cc1. The zero-order valence-corrected chi connectivity index (χ0v) is 16.8. The van der Waals surface area contributed by atoms with E-state index >= 15 is 0 Å². The van der Waals surface area contributed by atoms with Crippen molar-refractivity contribution >= 4 is 7.82 Å². The zero-order valence-electron chi connectivity index (χ0n) is 15.9. The number of hydrogen-bond donors (Lipinski definition) is 3. The Labute approximate surface area is 157 Å². The summed E-state index contributed by atoms with van der Waals surface area (Å²) in [6, 6.07) is 8.80. The minimum atomic E-state index is -4.46. The van der Waals surface area contributed by atoms with Crippen molar-refractivity contribution in [3.8, 4) is 0 Å². The molecule has 0 heterocycles. The standard InChI is InChI=1S/C20H34NO4P/c1-2-3-4-5-6-7-8-17-9-11-18(12-10-17)19-13-14-20(21,15-19)16-25-26(22,23)24/h9-12,19H,2-8,13-16,21H2,1H3,(H2,22,23,24)/t19?,20-/m1/s1. The number of phosphoric acid groups is 1. The van der Waals surface area contributed by atoms with E-state index in [9.17, 15) is 4.57 Å². The second-order valence-electron chi connectivity index (χ2n) is 7.83. The van der Waals surface area contributed by atoms with E-state index in [0.717, 1.165) is 19.3 Å². The third kappa shape index (κ3) is 7.50. The van der Waals surface area contributed by atoms with Gasteiger partial charge in [0.15, 0.2) is 0 Å². The van der Waals surface area contributed by atoms with Gasteiger partial charge in [-0.25, -0.2) is 4.57 Å². The van der Waals surface area contributed by atoms with Gasteiger partial charge in [0.2, 0.25) is 0 Å². The average molecular weight is 383 g/mol. The zero-order chi connectivity index (χ0) is 19.0. The van der Waals surface area contributed by atoms with Crippen LogP contribution < -0.4 is 5.73 Å². The van der Waals surface area contributed by atoms with Crippen LogP contribution in [-0.2, 0) is 15.5 Å². The number of hydrogen-bond acceptors (Lipinski definition) is 3. The summed E-state index contributed by atoms with van der Waals surface area (Å²) < 4.78 is 15.5. The number of benzene rings is 1. The minimum absolute atomic E-state index is 0.0934. The number of rotatable bonds is 11. The molecule has 1 aliphatic carbocycles. The lowest BCUT2D eigenvalue weighted by Gasteiger charge is -2.24. The molecule has 6 heteroatoms. The lowest BCUT2D eigenvalue weighted by molar-refractivity contribution is 0.153. The summed E-state index contributed by atoms with van der Waals surface area (Å²) >= 11 is 0. The smallest absolute Gasteiger partial charge is 0.323 e. The Bertz CT molecular complexity index is 586. The summed E-state index contributed by atoms with van der Waals surface area (Å²) in [7, 11) is -4.46. The molecule has 2 atom stereocenters. The fourth-order valence-electron chi connectivity index (χ4n) is 3.85. The first-order chi connectivity index (χ1) is 12.3. The molecule has 0 radical (unpaired) electrons. The first kappa shape index (κ1) is 21.6. The van der Waals surface area contributed by atoms with E-state index in [1.165, 1.54) is 49.7 Å². The Kier molecular flexibility index (Phi) is 8.31. The van der Waals surface area contributed by atoms with Gasteiger partial charge < -0.3 is 15.5 Å². The molecule has 0 bridgehead atoms. The van der Waals surface area contributed by atoms with E-state index in [1.54, 1.807) is 0 Å². The first-order valence-corrected chi connectivity index (χ1v) is 11.4. The van der Waals surface area contributed by atoms with Gasteiger partial charge in [-0.15, -0.1) is 0 Å². The normalized spacial score (nSPS) is 23.5. The largest absolute Gasteiger partial charge is 0.469 e. The van der Waals surface area contributed by atoms with Crippen LogP contribution in [0.4, 0.5) is 0 Å². The summed E-state index contributed by atoms with van der Waals surface area (Å²) in [6.07, 6.45) is 11.4. The number of aryl methyl sites for hydroxylation is 1. The van der Waals surface area contributed by atoms with E-state index in [4.69, 9.17) is 15.5 Å². The van der Waals surface area contributed by atoms with Crippen molar-refractivity contribution in [2.24, 2.45) is 5.73 Å². The summed E-state index contributed by atoms with van der Waals surface area (Å²) in [5, 5.41) is 0. The predicted molar refractivity (Wildman–Crippen MR) is 105 cm³/mol. The van der Waals surface area contributed by atoms with Crippen LogP contribution in [0.3, 0.4) is 0 Å². The summed E-state index contributed by atoms with van der Waals surface area (Å²) in [5.41, 5.74) is 8.27. The lowest BCUT2D eigenvalue weighted by Crippen LogP contribution is -2.41. The second kappa shape index (κ2) is 10.0. The topological polar surface area (TPSA) is 92.8 Å². The van der Waals surface area contributed by atoms with Crippen LogP contribution in [0, 0.1) is 0 Å². The molecule has 1 aromatic rings. The van der Waals surface area contributed by atoms with Gasteiger partial charge in [0, 0.05) is 5.54 Å². The van der Waals surface area contributed by atoms with Gasteiger partial charge in [0.25, 0.3) is 0 Å². The van der Waals surface area contributed by atoms with Gasteiger partial charge in [-0.1, -0.05) is 63.3 Å². The van der Waals surface area contributed by atoms with Crippen molar-refractivity contribution in [1.82, 2.24) is 0 Å². The second-order valence-corrected chi connectivity index (χ2v) is 9.06. The van der Waals surface area contributed by atoms with E-state index in [1.807, 2.05) is 0 Å². The molecule has 0 aliphatic heterocycles. The highest BCUT2D eigenvalue weighted by Gasteiger charge is 2.38. The highest BCUT2D eigenvalue weighted by Crippen LogP contribution is 2.43. The molecule has 5 nitrogen and oxygen atoms in total. The van der Waals surface area contributed by atoms with Gasteiger partial charge >= 0.3 is 7.82 Å². The lowest BCUT2D eigenvalue weighted by atomic mass is 9.92. The highest BCUT2D eigenvalue weighted by molar-refractivity contribution is 7.46. The monoisotopic (exact) mass is 383 g/mol. The highest BCUT2D eigenvalue weighted by atomic mass is 31.2. The van der Waals surface area contributed by atoms with Gasteiger partial charge in [-0.05, 0) is 49.1 Å². The van der Waals surface area contributed by atoms with Crippen molar-refractivity contribution in [2.75, 3.05) is 6.61 Å². The van der Waals surface area contributed by atoms with Crippen LogP contribution in [0.1, 0.15) is 81.8 Å². The third-order valence-electron chi connectivity index (χ3n) is 5.43. The van der Waals surface area contributed by atoms with E-state index in [-0.39, 0.29) is 6.61 Å². The molecular formula is C20H34NO4P. The van der Waals surface area contributed by atoms with Crippen LogP contribution in [0.15, 0.2) is 24.3 Å². The van der Waals surface area contributed by atoms with Crippen molar-refractivity contribution < 1.29 is 18.9 Å². The summed E-state index contributed by atoms with van der Waals surface area (Å²) in [5.74, 6) is 0.337. The van der Waals surface area contributed by atoms with Crippen molar-refractivity contribution in [3.63, 3.8) is 0 Å². The number of nitrogens with two attached hydrogens (primary N) is 1. The fourth-order valence-corrected chi connectivity index (χ4v) is 4.28. The molecule has 148 valence electrons. The Hall–Kier alpha value is -0.710. The summed E-state index contributed by atoms with van der Waals surface area (Å²) in [4.78, 5) is 17.7. The molecule has 1 fully saturated rings. The molecule has 1 aliphatic rings. The van der Waals surface area contributed by atoms with Crippen LogP contribution in [0.25, 0.3) is 0 Å². The Morgan fingerprint density at radius 1 is 1.15 bits per heavy atom. The summed E-state index contributed by atoms with van der Waals surface area (Å²) in [6.45, 7) is 2.15. The molecule has 0 saturated heterocycles. The van der Waals surface area contributed by atoms with Crippen LogP contribution in [0.5, 0.6) is 0 Å². The third-order valence-corrected chi connectivity index (χ3v) is 5.90. The van der Waals surface area contributed by atoms with Crippen molar-refractivity contribution in [1.29, 1.82) is 0 Å². The maximum absolute atomic E-state index is 10.9. The van der Waals surface area contributed by atoms with Crippen LogP contribution >= 0.6 is 7.82 Å². The quantitative estimate of drug-likeness (QED) is 0.382. The average Bonchev–Trinajstić information content (AvgIpc) is 2.99. The molecule has 1 aromatic carbocycles.